The summed E-state index contributed by atoms with van der Waals surface area (Å²) in [6, 6.07) is 7.90. The molecule has 23 heavy (non-hydrogen) atoms. The number of hydrogen-bond donors (Lipinski definition) is 0. The van der Waals surface area contributed by atoms with E-state index in [-0.39, 0.29) is 23.7 Å². The van der Waals surface area contributed by atoms with Crippen LogP contribution in [0.5, 0.6) is 0 Å². The Balaban J connectivity index is 1.95. The van der Waals surface area contributed by atoms with Gasteiger partial charge in [0.15, 0.2) is 0 Å². The quantitative estimate of drug-likeness (QED) is 0.630. The Morgan fingerprint density at radius 1 is 1.48 bits per heavy atom. The molecule has 1 aromatic rings. The first-order valence-electron chi connectivity index (χ1n) is 7.88. The Morgan fingerprint density at radius 3 is 2.91 bits per heavy atom. The number of carbonyl (C=O) groups excluding carboxylic acids is 2. The number of carbonyl (C=O) groups is 2. The zero-order valence-corrected chi connectivity index (χ0v) is 14.3. The summed E-state index contributed by atoms with van der Waals surface area (Å²) in [5.74, 6) is -0.462. The number of ether oxygens (including phenoxy) is 1. The maximum Gasteiger partial charge on any atom is 0.309 e. The Bertz CT molecular complexity index is 659. The summed E-state index contributed by atoms with van der Waals surface area (Å²) in [5, 5.41) is 0. The van der Waals surface area contributed by atoms with Gasteiger partial charge < -0.3 is 9.64 Å². The van der Waals surface area contributed by atoms with Gasteiger partial charge in [-0.15, -0.1) is 18.3 Å². The third-order valence-electron chi connectivity index (χ3n) is 4.75. The molecule has 1 amide bonds. The van der Waals surface area contributed by atoms with E-state index in [0.29, 0.717) is 19.4 Å². The van der Waals surface area contributed by atoms with Gasteiger partial charge >= 0.3 is 5.97 Å². The fraction of sp³-hybridized carbons (Fsp3) is 0.444. The monoisotopic (exact) mass is 331 g/mol. The molecule has 1 aliphatic heterocycles. The SMILES string of the molecule is C=CC1CC2(CC1C(=O)OCC)Sc1ccccc1N(C)C2=O. The van der Waals surface area contributed by atoms with Crippen LogP contribution in [0.2, 0.25) is 0 Å². The van der Waals surface area contributed by atoms with Crippen molar-refractivity contribution in [2.24, 2.45) is 11.8 Å². The van der Waals surface area contributed by atoms with Crippen molar-refractivity contribution in [1.82, 2.24) is 0 Å². The smallest absolute Gasteiger partial charge is 0.309 e. The molecule has 1 aromatic carbocycles. The predicted octanol–water partition coefficient (Wildman–Crippen LogP) is 3.27. The predicted molar refractivity (Wildman–Crippen MR) is 91.5 cm³/mol. The number of para-hydroxylation sites is 1. The van der Waals surface area contributed by atoms with E-state index < -0.39 is 4.75 Å². The molecule has 1 heterocycles. The van der Waals surface area contributed by atoms with Gasteiger partial charge in [-0.3, -0.25) is 9.59 Å². The van der Waals surface area contributed by atoms with Crippen molar-refractivity contribution in [3.63, 3.8) is 0 Å². The fourth-order valence-corrected chi connectivity index (χ4v) is 5.26. The summed E-state index contributed by atoms with van der Waals surface area (Å²) >= 11 is 1.59. The molecular formula is C18H21NO3S. The first kappa shape index (κ1) is 16.1. The van der Waals surface area contributed by atoms with Crippen LogP contribution in [0.3, 0.4) is 0 Å². The van der Waals surface area contributed by atoms with Crippen molar-refractivity contribution in [1.29, 1.82) is 0 Å². The maximum absolute atomic E-state index is 13.0. The number of thioether (sulfide) groups is 1. The van der Waals surface area contributed by atoms with Crippen LogP contribution in [-0.2, 0) is 14.3 Å². The lowest BCUT2D eigenvalue weighted by molar-refractivity contribution is -0.148. The number of anilines is 1. The van der Waals surface area contributed by atoms with Gasteiger partial charge in [0, 0.05) is 11.9 Å². The van der Waals surface area contributed by atoms with Gasteiger partial charge in [-0.2, -0.15) is 0 Å². The molecular weight excluding hydrogens is 310 g/mol. The van der Waals surface area contributed by atoms with Crippen LogP contribution < -0.4 is 4.90 Å². The minimum absolute atomic E-state index is 0.0239. The van der Waals surface area contributed by atoms with E-state index in [1.165, 1.54) is 0 Å². The van der Waals surface area contributed by atoms with E-state index in [1.54, 1.807) is 29.7 Å². The van der Waals surface area contributed by atoms with Crippen LogP contribution in [-0.4, -0.2) is 30.3 Å². The van der Waals surface area contributed by atoms with Crippen molar-refractivity contribution >= 4 is 29.3 Å². The summed E-state index contributed by atoms with van der Waals surface area (Å²) < 4.78 is 4.60. The van der Waals surface area contributed by atoms with E-state index in [0.717, 1.165) is 10.6 Å². The summed E-state index contributed by atoms with van der Waals surface area (Å²) in [5.41, 5.74) is 0.933. The summed E-state index contributed by atoms with van der Waals surface area (Å²) in [6.07, 6.45) is 2.93. The van der Waals surface area contributed by atoms with Crippen LogP contribution in [0.4, 0.5) is 5.69 Å². The minimum Gasteiger partial charge on any atom is -0.466 e. The van der Waals surface area contributed by atoms with E-state index in [2.05, 4.69) is 6.58 Å². The zero-order valence-electron chi connectivity index (χ0n) is 13.5. The second kappa shape index (κ2) is 6.04. The molecule has 0 N–H and O–H groups in total. The standard InChI is InChI=1S/C18H21NO3S/c1-4-12-10-18(11-13(12)16(20)22-5-2)17(21)19(3)14-8-6-7-9-15(14)23-18/h4,6-9,12-13H,1,5,10-11H2,2-3H3. The minimum atomic E-state index is -0.598. The molecule has 1 aliphatic carbocycles. The van der Waals surface area contributed by atoms with Gasteiger partial charge in [0.2, 0.25) is 5.91 Å². The average molecular weight is 331 g/mol. The molecule has 0 aromatic heterocycles. The second-order valence-corrected chi connectivity index (χ2v) is 7.52. The van der Waals surface area contributed by atoms with Crippen LogP contribution >= 0.6 is 11.8 Å². The summed E-state index contributed by atoms with van der Waals surface area (Å²) in [7, 11) is 1.81. The van der Waals surface area contributed by atoms with Gasteiger partial charge in [0.05, 0.1) is 18.2 Å². The van der Waals surface area contributed by atoms with Gasteiger partial charge in [-0.05, 0) is 37.8 Å². The third kappa shape index (κ3) is 2.57. The molecule has 3 atom stereocenters. The first-order valence-corrected chi connectivity index (χ1v) is 8.69. The molecule has 0 saturated heterocycles. The summed E-state index contributed by atoms with van der Waals surface area (Å²) in [6.45, 7) is 6.02. The molecule has 4 nitrogen and oxygen atoms in total. The molecule has 0 bridgehead atoms. The van der Waals surface area contributed by atoms with E-state index in [4.69, 9.17) is 4.74 Å². The van der Waals surface area contributed by atoms with E-state index >= 15 is 0 Å². The largest absolute Gasteiger partial charge is 0.466 e. The lowest BCUT2D eigenvalue weighted by Gasteiger charge is -2.38. The highest BCUT2D eigenvalue weighted by molar-refractivity contribution is 8.01. The number of nitrogens with zero attached hydrogens (tertiary/aromatic N) is 1. The number of benzene rings is 1. The molecule has 3 unspecified atom stereocenters. The molecule has 1 spiro atoms. The van der Waals surface area contributed by atoms with Gasteiger partial charge in [-0.1, -0.05) is 18.2 Å². The Hall–Kier alpha value is -1.75. The average Bonchev–Trinajstić information content (AvgIpc) is 2.93. The van der Waals surface area contributed by atoms with Crippen molar-refractivity contribution < 1.29 is 14.3 Å². The number of allylic oxidation sites excluding steroid dienone is 1. The maximum atomic E-state index is 13.0. The molecule has 2 aliphatic rings. The lowest BCUT2D eigenvalue weighted by atomic mass is 9.97. The molecule has 1 saturated carbocycles. The number of hydrogen-bond acceptors (Lipinski definition) is 4. The zero-order chi connectivity index (χ0) is 16.6. The van der Waals surface area contributed by atoms with Crippen LogP contribution in [0, 0.1) is 11.8 Å². The number of esters is 1. The molecule has 1 fully saturated rings. The molecule has 122 valence electrons. The van der Waals surface area contributed by atoms with E-state index in [9.17, 15) is 9.59 Å². The highest BCUT2D eigenvalue weighted by Crippen LogP contribution is 2.56. The van der Waals surface area contributed by atoms with Gasteiger partial charge in [0.25, 0.3) is 0 Å². The third-order valence-corrected chi connectivity index (χ3v) is 6.21. The fourth-order valence-electron chi connectivity index (χ4n) is 3.62. The first-order chi connectivity index (χ1) is 11.0. The van der Waals surface area contributed by atoms with Crippen molar-refractivity contribution in [2.45, 2.75) is 29.4 Å². The van der Waals surface area contributed by atoms with E-state index in [1.807, 2.05) is 31.3 Å². The van der Waals surface area contributed by atoms with Crippen LogP contribution in [0.25, 0.3) is 0 Å². The van der Waals surface area contributed by atoms with Crippen molar-refractivity contribution in [2.75, 3.05) is 18.6 Å². The van der Waals surface area contributed by atoms with Crippen molar-refractivity contribution in [3.8, 4) is 0 Å². The van der Waals surface area contributed by atoms with Crippen LogP contribution in [0.1, 0.15) is 19.8 Å². The number of amides is 1. The van der Waals surface area contributed by atoms with Crippen LogP contribution in [0.15, 0.2) is 41.8 Å². The molecule has 5 heteroatoms. The van der Waals surface area contributed by atoms with Crippen molar-refractivity contribution in [3.05, 3.63) is 36.9 Å². The van der Waals surface area contributed by atoms with Gasteiger partial charge in [-0.25, -0.2) is 0 Å². The number of fused-ring (bicyclic) bond motifs is 1. The summed E-state index contributed by atoms with van der Waals surface area (Å²) in [4.78, 5) is 28.1. The highest BCUT2D eigenvalue weighted by Gasteiger charge is 2.55. The number of rotatable bonds is 3. The Kier molecular flexibility index (Phi) is 4.23. The van der Waals surface area contributed by atoms with Gasteiger partial charge in [0.1, 0.15) is 4.75 Å². The topological polar surface area (TPSA) is 46.6 Å². The molecule has 3 rings (SSSR count). The highest BCUT2D eigenvalue weighted by atomic mass is 32.2. The Labute approximate surface area is 140 Å². The Morgan fingerprint density at radius 2 is 2.22 bits per heavy atom. The lowest BCUT2D eigenvalue weighted by Crippen LogP contribution is -2.47. The second-order valence-electron chi connectivity index (χ2n) is 6.09. The normalized spacial score (nSPS) is 29.5. The molecule has 0 radical (unpaired) electrons.